The van der Waals surface area contributed by atoms with E-state index in [1.807, 2.05) is 0 Å². The van der Waals surface area contributed by atoms with Gasteiger partial charge in [-0.3, -0.25) is 4.31 Å². The van der Waals surface area contributed by atoms with E-state index in [0.29, 0.717) is 6.29 Å². The number of nitrogens with zero attached hydrogens (tertiary/aromatic N) is 2. The number of carbonyl (C=O) groups is 1. The van der Waals surface area contributed by atoms with E-state index in [-0.39, 0.29) is 25.3 Å². The number of aldehydes is 1. The second-order valence-electron chi connectivity index (χ2n) is 3.58. The maximum Gasteiger partial charge on any atom is 0.304 e. The summed E-state index contributed by atoms with van der Waals surface area (Å²) in [6.45, 7) is 0.283. The Labute approximate surface area is 98.6 Å². The van der Waals surface area contributed by atoms with Crippen LogP contribution in [0.25, 0.3) is 0 Å². The van der Waals surface area contributed by atoms with Gasteiger partial charge in [0.15, 0.2) is 0 Å². The summed E-state index contributed by atoms with van der Waals surface area (Å²) in [5.74, 6) is -0.494. The van der Waals surface area contributed by atoms with Gasteiger partial charge in [-0.1, -0.05) is 6.07 Å². The smallest absolute Gasteiger partial charge is 0.302 e. The average Bonchev–Trinajstić information content (AvgIpc) is 2.55. The van der Waals surface area contributed by atoms with Gasteiger partial charge < -0.3 is 4.79 Å². The fraction of sp³-hybridized carbons (Fsp3) is 0.300. The highest BCUT2D eigenvalue weighted by Crippen LogP contribution is 2.25. The number of rotatable bonds is 3. The zero-order valence-corrected chi connectivity index (χ0v) is 9.73. The van der Waals surface area contributed by atoms with Gasteiger partial charge in [-0.05, 0) is 18.2 Å². The topological polar surface area (TPSA) is 57.7 Å². The van der Waals surface area contributed by atoms with Crippen LogP contribution in [0.15, 0.2) is 24.3 Å². The summed E-state index contributed by atoms with van der Waals surface area (Å²) in [6.07, 6.45) is 0.534. The molecular weight excluding hydrogens is 247 g/mol. The van der Waals surface area contributed by atoms with Crippen LogP contribution in [0, 0.1) is 5.82 Å². The maximum absolute atomic E-state index is 13.0. The Morgan fingerprint density at radius 1 is 1.35 bits per heavy atom. The molecule has 1 aromatic rings. The highest BCUT2D eigenvalue weighted by molar-refractivity contribution is 7.90. The molecule has 0 spiro atoms. The van der Waals surface area contributed by atoms with Gasteiger partial charge in [0, 0.05) is 13.1 Å². The molecule has 0 amide bonds. The van der Waals surface area contributed by atoms with Crippen LogP contribution < -0.4 is 4.31 Å². The molecule has 1 aliphatic rings. The van der Waals surface area contributed by atoms with Crippen molar-refractivity contribution in [2.24, 2.45) is 0 Å². The van der Waals surface area contributed by atoms with E-state index in [2.05, 4.69) is 0 Å². The molecule has 1 aliphatic heterocycles. The average molecular weight is 258 g/mol. The van der Waals surface area contributed by atoms with E-state index in [1.165, 1.54) is 18.2 Å². The summed E-state index contributed by atoms with van der Waals surface area (Å²) in [6, 6.07) is 5.37. The fourth-order valence-corrected chi connectivity index (χ4v) is 3.27. The lowest BCUT2D eigenvalue weighted by Gasteiger charge is -2.18. The predicted octanol–water partition coefficient (Wildman–Crippen LogP) is 0.391. The van der Waals surface area contributed by atoms with Crippen molar-refractivity contribution in [1.29, 1.82) is 0 Å². The Balaban J connectivity index is 2.33. The fourth-order valence-electron chi connectivity index (χ4n) is 1.73. The summed E-state index contributed by atoms with van der Waals surface area (Å²) in [4.78, 5) is 10.4. The molecule has 0 aliphatic carbocycles. The van der Waals surface area contributed by atoms with Crippen molar-refractivity contribution in [2.75, 3.05) is 23.9 Å². The van der Waals surface area contributed by atoms with Crippen LogP contribution in [0.1, 0.15) is 0 Å². The maximum atomic E-state index is 13.0. The first kappa shape index (κ1) is 12.0. The van der Waals surface area contributed by atoms with Crippen molar-refractivity contribution in [2.45, 2.75) is 0 Å². The zero-order valence-electron chi connectivity index (χ0n) is 8.91. The van der Waals surface area contributed by atoms with Crippen LogP contribution >= 0.6 is 0 Å². The van der Waals surface area contributed by atoms with Gasteiger partial charge in [-0.25, -0.2) is 4.39 Å². The Hall–Kier alpha value is -1.47. The molecule has 1 heterocycles. The first-order chi connectivity index (χ1) is 8.05. The van der Waals surface area contributed by atoms with E-state index in [9.17, 15) is 17.6 Å². The highest BCUT2D eigenvalue weighted by atomic mass is 32.2. The normalized spacial score (nSPS) is 19.5. The van der Waals surface area contributed by atoms with Crippen LogP contribution in [0.4, 0.5) is 10.1 Å². The molecule has 0 N–H and O–H groups in total. The highest BCUT2D eigenvalue weighted by Gasteiger charge is 2.36. The largest absolute Gasteiger partial charge is 0.304 e. The van der Waals surface area contributed by atoms with Crippen LogP contribution in [0.5, 0.6) is 0 Å². The molecule has 1 fully saturated rings. The van der Waals surface area contributed by atoms with Crippen LogP contribution in [0.3, 0.4) is 0 Å². The van der Waals surface area contributed by atoms with Crippen LogP contribution in [-0.2, 0) is 15.0 Å². The summed E-state index contributed by atoms with van der Waals surface area (Å²) < 4.78 is 39.1. The predicted molar refractivity (Wildman–Crippen MR) is 60.3 cm³/mol. The third-order valence-corrected chi connectivity index (χ3v) is 4.47. The zero-order chi connectivity index (χ0) is 12.5. The molecule has 0 aromatic heterocycles. The standard InChI is InChI=1S/C10H11FN2O3S/c11-9-2-1-3-10(8-9)13-5-4-12(6-7-14)17(13,15)16/h1-3,7-8H,4-6H2. The van der Waals surface area contributed by atoms with Crippen molar-refractivity contribution < 1.29 is 17.6 Å². The molecule has 7 heteroatoms. The van der Waals surface area contributed by atoms with E-state index in [0.717, 1.165) is 14.7 Å². The lowest BCUT2D eigenvalue weighted by Crippen LogP contribution is -2.34. The first-order valence-electron chi connectivity index (χ1n) is 5.03. The Kier molecular flexibility index (Phi) is 3.12. The molecule has 0 atom stereocenters. The van der Waals surface area contributed by atoms with Gasteiger partial charge in [0.2, 0.25) is 0 Å². The summed E-state index contributed by atoms with van der Waals surface area (Å²) in [5.41, 5.74) is 0.276. The molecule has 0 saturated carbocycles. The van der Waals surface area contributed by atoms with E-state index < -0.39 is 16.0 Å². The SMILES string of the molecule is O=CCN1CCN(c2cccc(F)c2)S1(=O)=O. The molecule has 5 nitrogen and oxygen atoms in total. The molecule has 2 rings (SSSR count). The number of anilines is 1. The van der Waals surface area contributed by atoms with E-state index in [4.69, 9.17) is 0 Å². The second kappa shape index (κ2) is 4.42. The minimum atomic E-state index is -3.69. The number of benzene rings is 1. The second-order valence-corrected chi connectivity index (χ2v) is 5.44. The van der Waals surface area contributed by atoms with Crippen molar-refractivity contribution >= 4 is 22.2 Å². The van der Waals surface area contributed by atoms with Gasteiger partial charge in [-0.15, -0.1) is 0 Å². The van der Waals surface area contributed by atoms with Crippen LogP contribution in [-0.4, -0.2) is 38.6 Å². The van der Waals surface area contributed by atoms with Crippen molar-refractivity contribution in [1.82, 2.24) is 4.31 Å². The molecular formula is C10H11FN2O3S. The lowest BCUT2D eigenvalue weighted by molar-refractivity contribution is -0.108. The third kappa shape index (κ3) is 2.16. The lowest BCUT2D eigenvalue weighted by atomic mass is 10.3. The van der Waals surface area contributed by atoms with Crippen molar-refractivity contribution in [3.8, 4) is 0 Å². The molecule has 1 aromatic carbocycles. The molecule has 92 valence electrons. The Bertz CT molecular complexity index is 532. The molecule has 17 heavy (non-hydrogen) atoms. The Morgan fingerprint density at radius 3 is 2.76 bits per heavy atom. The van der Waals surface area contributed by atoms with Gasteiger partial charge in [0.05, 0.1) is 12.2 Å². The molecule has 0 radical (unpaired) electrons. The van der Waals surface area contributed by atoms with Crippen LogP contribution in [0.2, 0.25) is 0 Å². The number of hydrogen-bond acceptors (Lipinski definition) is 3. The minimum Gasteiger partial charge on any atom is -0.302 e. The number of halogens is 1. The third-order valence-electron chi connectivity index (χ3n) is 2.53. The summed E-state index contributed by atoms with van der Waals surface area (Å²) in [5, 5.41) is 0. The minimum absolute atomic E-state index is 0.172. The summed E-state index contributed by atoms with van der Waals surface area (Å²) in [7, 11) is -3.69. The molecule has 0 unspecified atom stereocenters. The van der Waals surface area contributed by atoms with Gasteiger partial charge in [0.25, 0.3) is 0 Å². The van der Waals surface area contributed by atoms with Crippen molar-refractivity contribution in [3.05, 3.63) is 30.1 Å². The van der Waals surface area contributed by atoms with Gasteiger partial charge >= 0.3 is 10.2 Å². The quantitative estimate of drug-likeness (QED) is 0.737. The summed E-state index contributed by atoms with van der Waals surface area (Å²) >= 11 is 0. The number of carbonyl (C=O) groups excluding carboxylic acids is 1. The molecule has 0 bridgehead atoms. The van der Waals surface area contributed by atoms with Gasteiger partial charge in [-0.2, -0.15) is 12.7 Å². The monoisotopic (exact) mass is 258 g/mol. The molecule has 1 saturated heterocycles. The van der Waals surface area contributed by atoms with Gasteiger partial charge in [0.1, 0.15) is 12.1 Å². The van der Waals surface area contributed by atoms with Crippen molar-refractivity contribution in [3.63, 3.8) is 0 Å². The first-order valence-corrected chi connectivity index (χ1v) is 6.42. The Morgan fingerprint density at radius 2 is 2.12 bits per heavy atom. The number of hydrogen-bond donors (Lipinski definition) is 0. The van der Waals surface area contributed by atoms with E-state index >= 15 is 0 Å². The van der Waals surface area contributed by atoms with E-state index in [1.54, 1.807) is 0 Å².